The van der Waals surface area contributed by atoms with E-state index in [9.17, 15) is 0 Å². The van der Waals surface area contributed by atoms with Crippen molar-refractivity contribution in [2.75, 3.05) is 11.4 Å². The zero-order valence-electron chi connectivity index (χ0n) is 11.7. The highest BCUT2D eigenvalue weighted by Gasteiger charge is 2.27. The molecule has 2 atom stereocenters. The van der Waals surface area contributed by atoms with E-state index >= 15 is 0 Å². The summed E-state index contributed by atoms with van der Waals surface area (Å²) in [4.78, 5) is 11.4. The van der Waals surface area contributed by atoms with Crippen LogP contribution in [0.15, 0.2) is 0 Å². The van der Waals surface area contributed by atoms with E-state index in [1.165, 1.54) is 12.8 Å². The molecule has 1 aromatic heterocycles. The average Bonchev–Trinajstić information content (AvgIpc) is 2.36. The molecule has 0 aliphatic carbocycles. The molecule has 0 spiro atoms. The molecule has 1 fully saturated rings. The molecule has 0 saturated carbocycles. The molecule has 1 saturated heterocycles. The largest absolute Gasteiger partial charge is 0.353 e. The molecule has 1 aliphatic heterocycles. The van der Waals surface area contributed by atoms with Crippen LogP contribution in [0.1, 0.15) is 45.0 Å². The molecule has 0 bridgehead atoms. The van der Waals surface area contributed by atoms with Gasteiger partial charge in [0.15, 0.2) is 0 Å². The lowest BCUT2D eigenvalue weighted by atomic mass is 9.92. The molecule has 0 N–H and O–H groups in total. The number of halogens is 1. The number of piperidine rings is 1. The highest BCUT2D eigenvalue weighted by Crippen LogP contribution is 2.31. The Balaban J connectivity index is 2.40. The molecule has 0 radical (unpaired) electrons. The fourth-order valence-electron chi connectivity index (χ4n) is 2.59. The molecule has 4 heteroatoms. The lowest BCUT2D eigenvalue weighted by Crippen LogP contribution is -2.43. The zero-order valence-corrected chi connectivity index (χ0v) is 12.5. The highest BCUT2D eigenvalue weighted by atomic mass is 35.5. The first-order valence-corrected chi connectivity index (χ1v) is 7.22. The van der Waals surface area contributed by atoms with Gasteiger partial charge >= 0.3 is 0 Å². The maximum Gasteiger partial charge on any atom is 0.137 e. The number of hydrogen-bond donors (Lipinski definition) is 0. The quantitative estimate of drug-likeness (QED) is 0.767. The molecule has 100 valence electrons. The van der Waals surface area contributed by atoms with Crippen molar-refractivity contribution in [1.29, 1.82) is 0 Å². The van der Waals surface area contributed by atoms with E-state index in [4.69, 9.17) is 16.6 Å². The van der Waals surface area contributed by atoms with Crippen LogP contribution in [0.3, 0.4) is 0 Å². The van der Waals surface area contributed by atoms with Crippen molar-refractivity contribution in [1.82, 2.24) is 9.97 Å². The number of nitrogens with zero attached hydrogens (tertiary/aromatic N) is 3. The number of anilines is 1. The second-order valence-corrected chi connectivity index (χ2v) is 5.64. The predicted molar refractivity (Wildman–Crippen MR) is 76.4 cm³/mol. The van der Waals surface area contributed by atoms with Crippen LogP contribution < -0.4 is 4.90 Å². The van der Waals surface area contributed by atoms with E-state index < -0.39 is 0 Å². The highest BCUT2D eigenvalue weighted by molar-refractivity contribution is 6.30. The van der Waals surface area contributed by atoms with Crippen LogP contribution in [0.2, 0.25) is 5.15 Å². The summed E-state index contributed by atoms with van der Waals surface area (Å²) in [5.41, 5.74) is 1.01. The van der Waals surface area contributed by atoms with E-state index in [0.29, 0.717) is 17.1 Å². The van der Waals surface area contributed by atoms with Gasteiger partial charge in [-0.25, -0.2) is 9.97 Å². The normalized spacial score (nSPS) is 24.4. The summed E-state index contributed by atoms with van der Waals surface area (Å²) < 4.78 is 0. The van der Waals surface area contributed by atoms with Gasteiger partial charge in [0, 0.05) is 24.6 Å². The van der Waals surface area contributed by atoms with Crippen LogP contribution in [-0.4, -0.2) is 22.6 Å². The molecule has 0 amide bonds. The van der Waals surface area contributed by atoms with Crippen LogP contribution in [0.5, 0.6) is 0 Å². The molecule has 2 heterocycles. The van der Waals surface area contributed by atoms with Crippen LogP contribution in [0, 0.1) is 12.8 Å². The first kappa shape index (κ1) is 13.6. The topological polar surface area (TPSA) is 29.0 Å². The summed E-state index contributed by atoms with van der Waals surface area (Å²) in [6.07, 6.45) is 3.36. The summed E-state index contributed by atoms with van der Waals surface area (Å²) >= 11 is 6.22. The molecule has 1 aromatic rings. The summed E-state index contributed by atoms with van der Waals surface area (Å²) in [7, 11) is 0. The van der Waals surface area contributed by atoms with Crippen molar-refractivity contribution in [2.24, 2.45) is 5.92 Å². The molecule has 3 nitrogen and oxygen atoms in total. The zero-order chi connectivity index (χ0) is 13.3. The van der Waals surface area contributed by atoms with Crippen molar-refractivity contribution in [3.63, 3.8) is 0 Å². The third-order valence-electron chi connectivity index (χ3n) is 4.07. The molecular weight excluding hydrogens is 246 g/mol. The van der Waals surface area contributed by atoms with E-state index in [1.54, 1.807) is 0 Å². The van der Waals surface area contributed by atoms with Gasteiger partial charge in [0.2, 0.25) is 0 Å². The van der Waals surface area contributed by atoms with E-state index in [0.717, 1.165) is 30.2 Å². The third kappa shape index (κ3) is 2.46. The maximum absolute atomic E-state index is 6.22. The average molecular weight is 268 g/mol. The van der Waals surface area contributed by atoms with Gasteiger partial charge in [-0.3, -0.25) is 0 Å². The molecule has 0 aromatic carbocycles. The smallest absolute Gasteiger partial charge is 0.137 e. The third-order valence-corrected chi connectivity index (χ3v) is 4.44. The Bertz CT molecular complexity index is 433. The Morgan fingerprint density at radius 1 is 1.33 bits per heavy atom. The predicted octanol–water partition coefficient (Wildman–Crippen LogP) is 3.63. The Morgan fingerprint density at radius 2 is 2.06 bits per heavy atom. The van der Waals surface area contributed by atoms with Gasteiger partial charge in [0.05, 0.1) is 0 Å². The van der Waals surface area contributed by atoms with Gasteiger partial charge in [-0.2, -0.15) is 0 Å². The SMILES string of the molecule is CCc1nc(Cl)c(C)c(N2CCCC(C)C2C)n1. The molecule has 1 aliphatic rings. The lowest BCUT2D eigenvalue weighted by molar-refractivity contribution is 0.361. The van der Waals surface area contributed by atoms with Crippen LogP contribution in [-0.2, 0) is 6.42 Å². The summed E-state index contributed by atoms with van der Waals surface area (Å²) in [6.45, 7) is 9.75. The second kappa shape index (κ2) is 5.43. The standard InChI is InChI=1S/C14H22ClN3/c1-5-12-16-13(15)10(3)14(17-12)18-8-6-7-9(2)11(18)4/h9,11H,5-8H2,1-4H3. The van der Waals surface area contributed by atoms with Crippen LogP contribution >= 0.6 is 11.6 Å². The fourth-order valence-corrected chi connectivity index (χ4v) is 2.77. The Morgan fingerprint density at radius 3 is 2.72 bits per heavy atom. The van der Waals surface area contributed by atoms with Gasteiger partial charge < -0.3 is 4.90 Å². The fraction of sp³-hybridized carbons (Fsp3) is 0.714. The van der Waals surface area contributed by atoms with Gasteiger partial charge in [0.1, 0.15) is 16.8 Å². The van der Waals surface area contributed by atoms with Gasteiger partial charge in [-0.1, -0.05) is 25.4 Å². The molecular formula is C14H22ClN3. The Kier molecular flexibility index (Phi) is 4.10. The van der Waals surface area contributed by atoms with Crippen molar-refractivity contribution in [2.45, 2.75) is 53.0 Å². The Labute approximate surface area is 115 Å². The minimum Gasteiger partial charge on any atom is -0.353 e. The molecule has 18 heavy (non-hydrogen) atoms. The monoisotopic (exact) mass is 267 g/mol. The minimum absolute atomic E-state index is 0.521. The molecule has 2 rings (SSSR count). The summed E-state index contributed by atoms with van der Waals surface area (Å²) in [5.74, 6) is 2.58. The summed E-state index contributed by atoms with van der Waals surface area (Å²) in [5, 5.41) is 0.599. The first-order valence-electron chi connectivity index (χ1n) is 6.84. The van der Waals surface area contributed by atoms with Gasteiger partial charge in [0.25, 0.3) is 0 Å². The van der Waals surface area contributed by atoms with Crippen molar-refractivity contribution in [3.05, 3.63) is 16.5 Å². The van der Waals surface area contributed by atoms with E-state index in [-0.39, 0.29) is 0 Å². The van der Waals surface area contributed by atoms with Crippen molar-refractivity contribution in [3.8, 4) is 0 Å². The van der Waals surface area contributed by atoms with Gasteiger partial charge in [-0.05, 0) is 32.6 Å². The number of rotatable bonds is 2. The number of aryl methyl sites for hydroxylation is 1. The van der Waals surface area contributed by atoms with E-state index in [1.807, 2.05) is 6.92 Å². The minimum atomic E-state index is 0.521. The molecule has 2 unspecified atom stereocenters. The lowest BCUT2D eigenvalue weighted by Gasteiger charge is -2.39. The summed E-state index contributed by atoms with van der Waals surface area (Å²) in [6, 6.07) is 0.521. The van der Waals surface area contributed by atoms with E-state index in [2.05, 4.69) is 30.7 Å². The first-order chi connectivity index (χ1) is 8.54. The number of aromatic nitrogens is 2. The number of hydrogen-bond acceptors (Lipinski definition) is 3. The van der Waals surface area contributed by atoms with Crippen molar-refractivity contribution >= 4 is 17.4 Å². The second-order valence-electron chi connectivity index (χ2n) is 5.29. The maximum atomic E-state index is 6.22. The van der Waals surface area contributed by atoms with Gasteiger partial charge in [-0.15, -0.1) is 0 Å². The Hall–Kier alpha value is -0.830. The van der Waals surface area contributed by atoms with Crippen LogP contribution in [0.25, 0.3) is 0 Å². The van der Waals surface area contributed by atoms with Crippen LogP contribution in [0.4, 0.5) is 5.82 Å². The van der Waals surface area contributed by atoms with Crippen molar-refractivity contribution < 1.29 is 0 Å².